The molecule has 2 saturated heterocycles. The zero-order chi connectivity index (χ0) is 33.0. The van der Waals surface area contributed by atoms with Crippen LogP contribution in [0.5, 0.6) is 5.75 Å². The Morgan fingerprint density at radius 3 is 2.57 bits per heavy atom. The standard InChI is InChI=1S/C31H32F4N8O4/c32-22-4-1-20(2-5-22)16-36-30(45)37-23-9-10-42(17-23)24-6-8-27-39-29(40-43(27)18-24)38-25-7-3-21(15-26(25)47-19-31(33,34)35)28(44)41-11-13-46-14-12-41/h1-8,15,18,23H,9-14,16-17,19H2,(H,38,40)(H2,36,37,45). The van der Waals surface area contributed by atoms with Gasteiger partial charge in [0.2, 0.25) is 5.95 Å². The van der Waals surface area contributed by atoms with Crippen LogP contribution >= 0.6 is 0 Å². The number of nitrogens with zero attached hydrogens (tertiary/aromatic N) is 5. The van der Waals surface area contributed by atoms with Crippen molar-refractivity contribution in [3.63, 3.8) is 0 Å². The largest absolute Gasteiger partial charge is 0.482 e. The summed E-state index contributed by atoms with van der Waals surface area (Å²) >= 11 is 0. The fraction of sp³-hybridized carbons (Fsp3) is 0.355. The molecule has 0 aliphatic carbocycles. The molecular weight excluding hydrogens is 624 g/mol. The average Bonchev–Trinajstić information content (AvgIpc) is 3.70. The minimum atomic E-state index is -4.59. The van der Waals surface area contributed by atoms with Crippen LogP contribution in [0.25, 0.3) is 5.65 Å². The summed E-state index contributed by atoms with van der Waals surface area (Å²) in [5, 5.41) is 13.1. The van der Waals surface area contributed by atoms with E-state index in [1.807, 2.05) is 6.07 Å². The number of rotatable bonds is 9. The summed E-state index contributed by atoms with van der Waals surface area (Å²) < 4.78 is 64.2. The number of nitrogens with one attached hydrogen (secondary N) is 3. The molecule has 3 amide bonds. The number of alkyl halides is 3. The van der Waals surface area contributed by atoms with E-state index < -0.39 is 12.8 Å². The van der Waals surface area contributed by atoms with Gasteiger partial charge in [0.15, 0.2) is 12.3 Å². The van der Waals surface area contributed by atoms with Gasteiger partial charge in [-0.1, -0.05) is 12.1 Å². The lowest BCUT2D eigenvalue weighted by Crippen LogP contribution is -2.43. The molecule has 2 aromatic carbocycles. The maximum atomic E-state index is 13.1. The molecule has 4 heterocycles. The summed E-state index contributed by atoms with van der Waals surface area (Å²) in [6, 6.07) is 13.4. The molecule has 2 aromatic heterocycles. The topological polar surface area (TPSA) is 125 Å². The van der Waals surface area contributed by atoms with Crippen LogP contribution in [-0.4, -0.2) is 89.7 Å². The summed E-state index contributed by atoms with van der Waals surface area (Å²) in [6.45, 7) is 1.51. The molecular formula is C31H32F4N8O4. The van der Waals surface area contributed by atoms with Crippen molar-refractivity contribution in [2.45, 2.75) is 25.2 Å². The van der Waals surface area contributed by atoms with Crippen molar-refractivity contribution in [1.82, 2.24) is 30.1 Å². The van der Waals surface area contributed by atoms with Crippen LogP contribution in [0.4, 0.5) is 39.7 Å². The first-order valence-corrected chi connectivity index (χ1v) is 15.0. The van der Waals surface area contributed by atoms with E-state index in [4.69, 9.17) is 9.47 Å². The number of carbonyl (C=O) groups excluding carboxylic acids is 2. The van der Waals surface area contributed by atoms with Crippen molar-refractivity contribution in [1.29, 1.82) is 0 Å². The van der Waals surface area contributed by atoms with E-state index in [-0.39, 0.29) is 53.3 Å². The van der Waals surface area contributed by atoms with Gasteiger partial charge in [0.1, 0.15) is 11.6 Å². The number of ether oxygens (including phenoxy) is 2. The van der Waals surface area contributed by atoms with Crippen molar-refractivity contribution < 1.29 is 36.6 Å². The number of hydrogen-bond donors (Lipinski definition) is 3. The summed E-state index contributed by atoms with van der Waals surface area (Å²) in [7, 11) is 0. The molecule has 0 saturated carbocycles. The lowest BCUT2D eigenvalue weighted by molar-refractivity contribution is -0.153. The summed E-state index contributed by atoms with van der Waals surface area (Å²) in [5.41, 5.74) is 2.46. The maximum Gasteiger partial charge on any atom is 0.422 e. The monoisotopic (exact) mass is 656 g/mol. The number of benzene rings is 2. The Balaban J connectivity index is 1.10. The highest BCUT2D eigenvalue weighted by molar-refractivity contribution is 5.95. The normalized spacial score (nSPS) is 16.7. The van der Waals surface area contributed by atoms with Crippen LogP contribution in [0.3, 0.4) is 0 Å². The lowest BCUT2D eigenvalue weighted by Gasteiger charge is -2.27. The average molecular weight is 657 g/mol. The van der Waals surface area contributed by atoms with Crippen molar-refractivity contribution in [2.24, 2.45) is 0 Å². The molecule has 2 aliphatic rings. The summed E-state index contributed by atoms with van der Waals surface area (Å²) in [4.78, 5) is 33.5. The van der Waals surface area contributed by atoms with Crippen molar-refractivity contribution in [2.75, 3.05) is 56.2 Å². The predicted octanol–water partition coefficient (Wildman–Crippen LogP) is 4.10. The number of carbonyl (C=O) groups is 2. The third-order valence-corrected chi connectivity index (χ3v) is 7.73. The molecule has 47 heavy (non-hydrogen) atoms. The number of halogens is 4. The number of amides is 3. The van der Waals surface area contributed by atoms with Gasteiger partial charge in [0, 0.05) is 44.3 Å². The highest BCUT2D eigenvalue weighted by Gasteiger charge is 2.30. The Bertz CT molecular complexity index is 1730. The smallest absolute Gasteiger partial charge is 0.422 e. The minimum absolute atomic E-state index is 0.0971. The molecule has 4 aromatic rings. The van der Waals surface area contributed by atoms with E-state index in [1.165, 1.54) is 30.3 Å². The van der Waals surface area contributed by atoms with E-state index in [9.17, 15) is 27.2 Å². The number of anilines is 3. The predicted molar refractivity (Wildman–Crippen MR) is 163 cm³/mol. The fourth-order valence-corrected chi connectivity index (χ4v) is 5.35. The van der Waals surface area contributed by atoms with Gasteiger partial charge in [0.25, 0.3) is 5.91 Å². The van der Waals surface area contributed by atoms with Gasteiger partial charge < -0.3 is 35.2 Å². The number of aromatic nitrogens is 3. The number of fused-ring (bicyclic) bond motifs is 1. The first kappa shape index (κ1) is 31.8. The zero-order valence-electron chi connectivity index (χ0n) is 25.1. The van der Waals surface area contributed by atoms with Crippen molar-refractivity contribution >= 4 is 34.9 Å². The van der Waals surface area contributed by atoms with Crippen LogP contribution in [0.15, 0.2) is 60.8 Å². The quantitative estimate of drug-likeness (QED) is 0.230. The van der Waals surface area contributed by atoms with E-state index in [0.717, 1.165) is 17.7 Å². The van der Waals surface area contributed by atoms with Gasteiger partial charge in [-0.15, -0.1) is 5.10 Å². The van der Waals surface area contributed by atoms with Crippen LogP contribution < -0.4 is 25.6 Å². The second kappa shape index (κ2) is 13.7. The van der Waals surface area contributed by atoms with E-state index in [0.29, 0.717) is 45.0 Å². The molecule has 0 radical (unpaired) electrons. The molecule has 2 aliphatic heterocycles. The Hall–Kier alpha value is -5.12. The number of morpholine rings is 1. The summed E-state index contributed by atoms with van der Waals surface area (Å²) in [5.74, 6) is -0.725. The fourth-order valence-electron chi connectivity index (χ4n) is 5.35. The molecule has 248 valence electrons. The summed E-state index contributed by atoms with van der Waals surface area (Å²) in [6.07, 6.45) is -2.09. The first-order chi connectivity index (χ1) is 22.6. The SMILES string of the molecule is O=C(NCc1ccc(F)cc1)NC1CCN(c2ccc3nc(Nc4ccc(C(=O)N5CCOCC5)cc4OCC(F)(F)F)nn3c2)C1. The van der Waals surface area contributed by atoms with Gasteiger partial charge in [-0.2, -0.15) is 18.2 Å². The third-order valence-electron chi connectivity index (χ3n) is 7.73. The van der Waals surface area contributed by atoms with Crippen LogP contribution in [-0.2, 0) is 11.3 Å². The van der Waals surface area contributed by atoms with Crippen LogP contribution in [0, 0.1) is 5.82 Å². The van der Waals surface area contributed by atoms with Gasteiger partial charge in [-0.3, -0.25) is 4.79 Å². The highest BCUT2D eigenvalue weighted by Crippen LogP contribution is 2.31. The number of urea groups is 1. The third kappa shape index (κ3) is 8.19. The minimum Gasteiger partial charge on any atom is -0.482 e. The van der Waals surface area contributed by atoms with Gasteiger partial charge in [-0.25, -0.2) is 13.7 Å². The van der Waals surface area contributed by atoms with Gasteiger partial charge >= 0.3 is 12.2 Å². The Kier molecular flexibility index (Phi) is 9.29. The zero-order valence-corrected chi connectivity index (χ0v) is 25.1. The van der Waals surface area contributed by atoms with Crippen molar-refractivity contribution in [3.8, 4) is 5.75 Å². The van der Waals surface area contributed by atoms with Gasteiger partial charge in [0.05, 0.1) is 30.8 Å². The van der Waals surface area contributed by atoms with E-state index in [1.54, 1.807) is 33.8 Å². The highest BCUT2D eigenvalue weighted by atomic mass is 19.4. The first-order valence-electron chi connectivity index (χ1n) is 15.0. The molecule has 6 rings (SSSR count). The molecule has 0 spiro atoms. The molecule has 0 bridgehead atoms. The molecule has 1 atom stereocenters. The Labute approximate surface area is 266 Å². The van der Waals surface area contributed by atoms with Crippen LogP contribution in [0.2, 0.25) is 0 Å². The number of hydrogen-bond acceptors (Lipinski definition) is 8. The molecule has 1 unspecified atom stereocenters. The second-order valence-corrected chi connectivity index (χ2v) is 11.2. The molecule has 16 heteroatoms. The molecule has 2 fully saturated rings. The van der Waals surface area contributed by atoms with E-state index >= 15 is 0 Å². The maximum absolute atomic E-state index is 13.1. The molecule has 3 N–H and O–H groups in total. The van der Waals surface area contributed by atoms with Crippen LogP contribution in [0.1, 0.15) is 22.3 Å². The van der Waals surface area contributed by atoms with Gasteiger partial charge in [-0.05, 0) is 54.4 Å². The Morgan fingerprint density at radius 1 is 1.02 bits per heavy atom. The molecule has 12 nitrogen and oxygen atoms in total. The number of pyridine rings is 1. The lowest BCUT2D eigenvalue weighted by atomic mass is 10.1. The Morgan fingerprint density at radius 2 is 1.81 bits per heavy atom. The van der Waals surface area contributed by atoms with Crippen molar-refractivity contribution in [3.05, 3.63) is 77.7 Å². The van der Waals surface area contributed by atoms with E-state index in [2.05, 4.69) is 30.9 Å². The second-order valence-electron chi connectivity index (χ2n) is 11.2.